The van der Waals surface area contributed by atoms with Crippen LogP contribution in [0.3, 0.4) is 0 Å². The van der Waals surface area contributed by atoms with Crippen molar-refractivity contribution in [3.05, 3.63) is 74.7 Å². The number of halogens is 3. The Bertz CT molecular complexity index is 630. The van der Waals surface area contributed by atoms with Gasteiger partial charge in [-0.15, -0.1) is 0 Å². The molecule has 1 nitrogen and oxygen atoms in total. The molecule has 0 bridgehead atoms. The fourth-order valence-electron chi connectivity index (χ4n) is 1.52. The largest absolute Gasteiger partial charge is 0.289 e. The van der Waals surface area contributed by atoms with E-state index in [0.717, 1.165) is 5.56 Å². The van der Waals surface area contributed by atoms with Crippen LogP contribution in [-0.4, -0.2) is 5.78 Å². The van der Waals surface area contributed by atoms with Crippen molar-refractivity contribution in [2.45, 2.75) is 0 Å². The van der Waals surface area contributed by atoms with E-state index in [0.29, 0.717) is 20.6 Å². The number of ketones is 1. The SMILES string of the molecule is O=C(/C=C/c1ccc(Cl)cc1)c1ccc(Cl)cc1Cl. The molecular formula is C15H9Cl3O. The molecule has 0 N–H and O–H groups in total. The lowest BCUT2D eigenvalue weighted by atomic mass is 10.1. The molecule has 0 radical (unpaired) electrons. The second kappa shape index (κ2) is 6.25. The van der Waals surface area contributed by atoms with Crippen molar-refractivity contribution in [2.75, 3.05) is 0 Å². The first-order valence-electron chi connectivity index (χ1n) is 5.49. The van der Waals surface area contributed by atoms with Gasteiger partial charge in [0.05, 0.1) is 5.02 Å². The predicted octanol–water partition coefficient (Wildman–Crippen LogP) is 5.54. The van der Waals surface area contributed by atoms with Crippen LogP contribution < -0.4 is 0 Å². The second-order valence-corrected chi connectivity index (χ2v) is 5.15. The van der Waals surface area contributed by atoms with Crippen LogP contribution in [0.25, 0.3) is 6.08 Å². The summed E-state index contributed by atoms with van der Waals surface area (Å²) in [5.41, 5.74) is 1.32. The molecule has 19 heavy (non-hydrogen) atoms. The Morgan fingerprint density at radius 1 is 0.895 bits per heavy atom. The van der Waals surface area contributed by atoms with Crippen molar-refractivity contribution in [3.8, 4) is 0 Å². The van der Waals surface area contributed by atoms with E-state index >= 15 is 0 Å². The number of allylic oxidation sites excluding steroid dienone is 1. The molecule has 0 heterocycles. The van der Waals surface area contributed by atoms with Crippen molar-refractivity contribution in [2.24, 2.45) is 0 Å². The summed E-state index contributed by atoms with van der Waals surface area (Å²) in [4.78, 5) is 12.0. The topological polar surface area (TPSA) is 17.1 Å². The molecule has 0 aliphatic heterocycles. The first-order chi connectivity index (χ1) is 9.06. The van der Waals surface area contributed by atoms with Gasteiger partial charge in [0.15, 0.2) is 5.78 Å². The summed E-state index contributed by atoms with van der Waals surface area (Å²) in [7, 11) is 0. The fourth-order valence-corrected chi connectivity index (χ4v) is 2.15. The van der Waals surface area contributed by atoms with Gasteiger partial charge in [0, 0.05) is 15.6 Å². The third-order valence-corrected chi connectivity index (χ3v) is 3.29. The molecule has 0 unspecified atom stereocenters. The summed E-state index contributed by atoms with van der Waals surface area (Å²) in [6.45, 7) is 0. The summed E-state index contributed by atoms with van der Waals surface area (Å²) in [5.74, 6) is -0.170. The summed E-state index contributed by atoms with van der Waals surface area (Å²) in [6, 6.07) is 12.0. The Labute approximate surface area is 126 Å². The molecule has 0 fully saturated rings. The lowest BCUT2D eigenvalue weighted by Gasteiger charge is -2.00. The first kappa shape index (κ1) is 14.1. The van der Waals surface area contributed by atoms with Crippen LogP contribution in [0.1, 0.15) is 15.9 Å². The normalized spacial score (nSPS) is 10.9. The Morgan fingerprint density at radius 2 is 1.53 bits per heavy atom. The van der Waals surface area contributed by atoms with Crippen LogP contribution >= 0.6 is 34.8 Å². The minimum atomic E-state index is -0.170. The monoisotopic (exact) mass is 310 g/mol. The molecule has 0 aliphatic carbocycles. The average molecular weight is 312 g/mol. The van der Waals surface area contributed by atoms with E-state index in [9.17, 15) is 4.79 Å². The first-order valence-corrected chi connectivity index (χ1v) is 6.63. The van der Waals surface area contributed by atoms with E-state index < -0.39 is 0 Å². The zero-order valence-electron chi connectivity index (χ0n) is 9.74. The molecule has 96 valence electrons. The van der Waals surface area contributed by atoms with E-state index in [2.05, 4.69) is 0 Å². The molecular weight excluding hydrogens is 303 g/mol. The Kier molecular flexibility index (Phi) is 4.65. The summed E-state index contributed by atoms with van der Waals surface area (Å²) in [6.07, 6.45) is 3.18. The molecule has 2 aromatic rings. The Hall–Kier alpha value is -1.28. The molecule has 0 aromatic heterocycles. The molecule has 2 aromatic carbocycles. The zero-order chi connectivity index (χ0) is 13.8. The third-order valence-electron chi connectivity index (χ3n) is 2.49. The number of benzene rings is 2. The van der Waals surface area contributed by atoms with Gasteiger partial charge in [0.1, 0.15) is 0 Å². The highest BCUT2D eigenvalue weighted by Crippen LogP contribution is 2.22. The van der Waals surface area contributed by atoms with Gasteiger partial charge in [-0.1, -0.05) is 53.0 Å². The number of rotatable bonds is 3. The van der Waals surface area contributed by atoms with Gasteiger partial charge < -0.3 is 0 Å². The van der Waals surface area contributed by atoms with Crippen LogP contribution in [0, 0.1) is 0 Å². The molecule has 0 aliphatic rings. The maximum Gasteiger partial charge on any atom is 0.187 e. The van der Waals surface area contributed by atoms with Crippen molar-refractivity contribution in [1.29, 1.82) is 0 Å². The van der Waals surface area contributed by atoms with Gasteiger partial charge in [0.2, 0.25) is 0 Å². The predicted molar refractivity (Wildman–Crippen MR) is 81.3 cm³/mol. The van der Waals surface area contributed by atoms with E-state index in [1.165, 1.54) is 6.08 Å². The van der Waals surface area contributed by atoms with Crippen LogP contribution in [0.2, 0.25) is 15.1 Å². The standard InChI is InChI=1S/C15H9Cl3O/c16-11-4-1-10(2-5-11)3-8-15(19)13-7-6-12(17)9-14(13)18/h1-9H/b8-3+. The van der Waals surface area contributed by atoms with E-state index in [-0.39, 0.29) is 5.78 Å². The minimum Gasteiger partial charge on any atom is -0.289 e. The summed E-state index contributed by atoms with van der Waals surface area (Å²) in [5, 5.41) is 1.51. The fraction of sp³-hybridized carbons (Fsp3) is 0. The second-order valence-electron chi connectivity index (χ2n) is 3.87. The average Bonchev–Trinajstić information content (AvgIpc) is 2.37. The van der Waals surface area contributed by atoms with Crippen LogP contribution in [0.4, 0.5) is 0 Å². The highest BCUT2D eigenvalue weighted by atomic mass is 35.5. The van der Waals surface area contributed by atoms with Gasteiger partial charge in [-0.05, 0) is 42.0 Å². The van der Waals surface area contributed by atoms with E-state index in [4.69, 9.17) is 34.8 Å². The molecule has 2 rings (SSSR count). The van der Waals surface area contributed by atoms with Crippen LogP contribution in [-0.2, 0) is 0 Å². The molecule has 0 atom stereocenters. The molecule has 0 amide bonds. The van der Waals surface area contributed by atoms with Gasteiger partial charge in [-0.25, -0.2) is 0 Å². The maximum atomic E-state index is 12.0. The smallest absolute Gasteiger partial charge is 0.187 e. The number of carbonyl (C=O) groups is 1. The molecule has 0 saturated carbocycles. The van der Waals surface area contributed by atoms with Gasteiger partial charge >= 0.3 is 0 Å². The number of carbonyl (C=O) groups excluding carboxylic acids is 1. The Morgan fingerprint density at radius 3 is 2.16 bits per heavy atom. The lowest BCUT2D eigenvalue weighted by Crippen LogP contribution is -1.95. The number of hydrogen-bond donors (Lipinski definition) is 0. The zero-order valence-corrected chi connectivity index (χ0v) is 12.0. The lowest BCUT2D eigenvalue weighted by molar-refractivity contribution is 0.104. The highest BCUT2D eigenvalue weighted by molar-refractivity contribution is 6.37. The quantitative estimate of drug-likeness (QED) is 0.537. The highest BCUT2D eigenvalue weighted by Gasteiger charge is 2.07. The van der Waals surface area contributed by atoms with Crippen LogP contribution in [0.15, 0.2) is 48.5 Å². The minimum absolute atomic E-state index is 0.170. The van der Waals surface area contributed by atoms with Gasteiger partial charge in [-0.2, -0.15) is 0 Å². The van der Waals surface area contributed by atoms with Crippen molar-refractivity contribution in [3.63, 3.8) is 0 Å². The van der Waals surface area contributed by atoms with Gasteiger partial charge in [0.25, 0.3) is 0 Å². The Balaban J connectivity index is 2.18. The molecule has 4 heteroatoms. The number of hydrogen-bond acceptors (Lipinski definition) is 1. The molecule has 0 spiro atoms. The van der Waals surface area contributed by atoms with Crippen molar-refractivity contribution in [1.82, 2.24) is 0 Å². The van der Waals surface area contributed by atoms with Crippen molar-refractivity contribution < 1.29 is 4.79 Å². The van der Waals surface area contributed by atoms with Gasteiger partial charge in [-0.3, -0.25) is 4.79 Å². The summed E-state index contributed by atoms with van der Waals surface area (Å²) < 4.78 is 0. The van der Waals surface area contributed by atoms with Crippen molar-refractivity contribution >= 4 is 46.7 Å². The van der Waals surface area contributed by atoms with Crippen LogP contribution in [0.5, 0.6) is 0 Å². The molecule has 0 saturated heterocycles. The van der Waals surface area contributed by atoms with E-state index in [1.54, 1.807) is 36.4 Å². The van der Waals surface area contributed by atoms with E-state index in [1.807, 2.05) is 12.1 Å². The summed E-state index contributed by atoms with van der Waals surface area (Å²) >= 11 is 17.5. The maximum absolute atomic E-state index is 12.0. The third kappa shape index (κ3) is 3.84.